The first kappa shape index (κ1) is 12.7. The first-order chi connectivity index (χ1) is 8.63. The fourth-order valence-electron chi connectivity index (χ4n) is 2.15. The average Bonchev–Trinajstić information content (AvgIpc) is 2.41. The number of nitrogens with two attached hydrogens (primary N) is 1. The summed E-state index contributed by atoms with van der Waals surface area (Å²) in [5.74, 6) is -0.337. The van der Waals surface area contributed by atoms with Gasteiger partial charge in [-0.25, -0.2) is 4.79 Å². The summed E-state index contributed by atoms with van der Waals surface area (Å²) in [6, 6.07) is 3.79. The summed E-state index contributed by atoms with van der Waals surface area (Å²) in [5, 5.41) is 3.29. The van der Waals surface area contributed by atoms with Crippen LogP contribution in [0.15, 0.2) is 12.1 Å². The van der Waals surface area contributed by atoms with E-state index in [2.05, 4.69) is 10.2 Å². The second-order valence-corrected chi connectivity index (χ2v) is 4.44. The fraction of sp³-hybridized carbons (Fsp3) is 0.462. The fourth-order valence-corrected chi connectivity index (χ4v) is 2.15. The van der Waals surface area contributed by atoms with Crippen LogP contribution in [0.1, 0.15) is 15.9 Å². The molecular formula is C13H19N3O2. The first-order valence-corrected chi connectivity index (χ1v) is 6.07. The number of carbonyl (C=O) groups is 1. The van der Waals surface area contributed by atoms with Crippen LogP contribution < -0.4 is 16.0 Å². The lowest BCUT2D eigenvalue weighted by Crippen LogP contribution is -2.43. The minimum Gasteiger partial charge on any atom is -0.465 e. The number of rotatable bonds is 2. The highest BCUT2D eigenvalue weighted by atomic mass is 16.5. The van der Waals surface area contributed by atoms with Crippen LogP contribution in [0, 0.1) is 6.92 Å². The SMILES string of the molecule is COC(=O)c1cc(N2CCNCC2)cc(N)c1C. The number of benzene rings is 1. The van der Waals surface area contributed by atoms with Gasteiger partial charge >= 0.3 is 5.97 Å². The van der Waals surface area contributed by atoms with Gasteiger partial charge in [-0.15, -0.1) is 0 Å². The Hall–Kier alpha value is -1.75. The van der Waals surface area contributed by atoms with Crippen LogP contribution in [0.3, 0.4) is 0 Å². The van der Waals surface area contributed by atoms with Crippen molar-refractivity contribution >= 4 is 17.3 Å². The summed E-state index contributed by atoms with van der Waals surface area (Å²) in [6.45, 7) is 5.57. The molecule has 0 bridgehead atoms. The number of anilines is 2. The molecule has 0 saturated carbocycles. The Morgan fingerprint density at radius 2 is 2.06 bits per heavy atom. The molecule has 0 unspecified atom stereocenters. The number of hydrogen-bond donors (Lipinski definition) is 2. The molecule has 0 aliphatic carbocycles. The van der Waals surface area contributed by atoms with Crippen molar-refractivity contribution in [1.29, 1.82) is 0 Å². The van der Waals surface area contributed by atoms with E-state index in [-0.39, 0.29) is 5.97 Å². The van der Waals surface area contributed by atoms with Crippen molar-refractivity contribution in [2.75, 3.05) is 43.9 Å². The third-order valence-corrected chi connectivity index (χ3v) is 3.32. The van der Waals surface area contributed by atoms with Crippen LogP contribution >= 0.6 is 0 Å². The molecule has 1 aliphatic heterocycles. The number of piperazine rings is 1. The standard InChI is InChI=1S/C13H19N3O2/c1-9-11(13(17)18-2)7-10(8-12(9)14)16-5-3-15-4-6-16/h7-8,15H,3-6,14H2,1-2H3. The molecule has 3 N–H and O–H groups in total. The Bertz CT molecular complexity index is 454. The number of hydrogen-bond acceptors (Lipinski definition) is 5. The van der Waals surface area contributed by atoms with Crippen LogP contribution in [0.4, 0.5) is 11.4 Å². The molecule has 1 aromatic rings. The number of nitrogen functional groups attached to an aromatic ring is 1. The van der Waals surface area contributed by atoms with Crippen molar-refractivity contribution in [3.05, 3.63) is 23.3 Å². The van der Waals surface area contributed by atoms with E-state index >= 15 is 0 Å². The molecule has 0 radical (unpaired) electrons. The number of ether oxygens (including phenoxy) is 1. The smallest absolute Gasteiger partial charge is 0.338 e. The molecule has 5 heteroatoms. The lowest BCUT2D eigenvalue weighted by atomic mass is 10.0. The summed E-state index contributed by atoms with van der Waals surface area (Å²) in [5.41, 5.74) is 8.91. The van der Waals surface area contributed by atoms with Crippen molar-refractivity contribution in [3.63, 3.8) is 0 Å². The molecule has 1 aliphatic rings. The minimum absolute atomic E-state index is 0.337. The number of nitrogens with one attached hydrogen (secondary N) is 1. The van der Waals surface area contributed by atoms with Crippen LogP contribution in [0.25, 0.3) is 0 Å². The second-order valence-electron chi connectivity index (χ2n) is 4.44. The van der Waals surface area contributed by atoms with E-state index in [4.69, 9.17) is 10.5 Å². The highest BCUT2D eigenvalue weighted by Gasteiger charge is 2.17. The van der Waals surface area contributed by atoms with E-state index in [0.717, 1.165) is 37.4 Å². The quantitative estimate of drug-likeness (QED) is 0.598. The van der Waals surface area contributed by atoms with Crippen LogP contribution in [0.2, 0.25) is 0 Å². The molecule has 0 amide bonds. The minimum atomic E-state index is -0.337. The zero-order valence-corrected chi connectivity index (χ0v) is 10.8. The molecule has 5 nitrogen and oxygen atoms in total. The molecule has 1 heterocycles. The summed E-state index contributed by atoms with van der Waals surface area (Å²) >= 11 is 0. The van der Waals surface area contributed by atoms with Gasteiger partial charge in [0, 0.05) is 37.6 Å². The molecule has 2 rings (SSSR count). The van der Waals surface area contributed by atoms with Crippen LogP contribution in [0.5, 0.6) is 0 Å². The van der Waals surface area contributed by atoms with Crippen molar-refractivity contribution in [2.24, 2.45) is 0 Å². The maximum atomic E-state index is 11.7. The van der Waals surface area contributed by atoms with E-state index in [1.165, 1.54) is 7.11 Å². The van der Waals surface area contributed by atoms with E-state index in [0.29, 0.717) is 11.3 Å². The Labute approximate surface area is 107 Å². The summed E-state index contributed by atoms with van der Waals surface area (Å²) in [6.07, 6.45) is 0. The largest absolute Gasteiger partial charge is 0.465 e. The summed E-state index contributed by atoms with van der Waals surface area (Å²) in [4.78, 5) is 13.9. The Morgan fingerprint density at radius 1 is 1.39 bits per heavy atom. The van der Waals surface area contributed by atoms with Gasteiger partial charge in [0.1, 0.15) is 0 Å². The summed E-state index contributed by atoms with van der Waals surface area (Å²) < 4.78 is 4.79. The van der Waals surface area contributed by atoms with E-state index in [1.807, 2.05) is 19.1 Å². The van der Waals surface area contributed by atoms with E-state index in [9.17, 15) is 4.79 Å². The molecule has 1 fully saturated rings. The maximum absolute atomic E-state index is 11.7. The zero-order valence-electron chi connectivity index (χ0n) is 10.8. The number of methoxy groups -OCH3 is 1. The van der Waals surface area contributed by atoms with Crippen molar-refractivity contribution < 1.29 is 9.53 Å². The highest BCUT2D eigenvalue weighted by Crippen LogP contribution is 2.26. The lowest BCUT2D eigenvalue weighted by Gasteiger charge is -2.30. The van der Waals surface area contributed by atoms with Crippen molar-refractivity contribution in [2.45, 2.75) is 6.92 Å². The van der Waals surface area contributed by atoms with Gasteiger partial charge < -0.3 is 20.7 Å². The third-order valence-electron chi connectivity index (χ3n) is 3.32. The van der Waals surface area contributed by atoms with Gasteiger partial charge in [-0.3, -0.25) is 0 Å². The predicted octanol–water partition coefficient (Wildman–Crippen LogP) is 0.773. The molecular weight excluding hydrogens is 230 g/mol. The van der Waals surface area contributed by atoms with E-state index in [1.54, 1.807) is 0 Å². The van der Waals surface area contributed by atoms with Crippen molar-refractivity contribution in [3.8, 4) is 0 Å². The van der Waals surface area contributed by atoms with Crippen LogP contribution in [-0.4, -0.2) is 39.3 Å². The monoisotopic (exact) mass is 249 g/mol. The number of nitrogens with zero attached hydrogens (tertiary/aromatic N) is 1. The molecule has 0 aromatic heterocycles. The second kappa shape index (κ2) is 5.27. The third kappa shape index (κ3) is 2.41. The lowest BCUT2D eigenvalue weighted by molar-refractivity contribution is 0.0600. The van der Waals surface area contributed by atoms with Gasteiger partial charge in [-0.1, -0.05) is 0 Å². The zero-order chi connectivity index (χ0) is 13.1. The van der Waals surface area contributed by atoms with Gasteiger partial charge in [0.2, 0.25) is 0 Å². The normalized spacial score (nSPS) is 15.6. The Balaban J connectivity index is 2.36. The van der Waals surface area contributed by atoms with Gasteiger partial charge in [-0.2, -0.15) is 0 Å². The van der Waals surface area contributed by atoms with Crippen LogP contribution in [-0.2, 0) is 4.74 Å². The summed E-state index contributed by atoms with van der Waals surface area (Å²) in [7, 11) is 1.38. The molecule has 0 spiro atoms. The molecule has 18 heavy (non-hydrogen) atoms. The highest BCUT2D eigenvalue weighted by molar-refractivity contribution is 5.94. The van der Waals surface area contributed by atoms with Gasteiger partial charge in [-0.05, 0) is 24.6 Å². The topological polar surface area (TPSA) is 67.6 Å². The first-order valence-electron chi connectivity index (χ1n) is 6.07. The van der Waals surface area contributed by atoms with Gasteiger partial charge in [0.25, 0.3) is 0 Å². The predicted molar refractivity (Wildman–Crippen MR) is 72.0 cm³/mol. The number of esters is 1. The Morgan fingerprint density at radius 3 is 2.67 bits per heavy atom. The van der Waals surface area contributed by atoms with Gasteiger partial charge in [0.05, 0.1) is 12.7 Å². The van der Waals surface area contributed by atoms with E-state index < -0.39 is 0 Å². The molecule has 0 atom stereocenters. The molecule has 1 saturated heterocycles. The van der Waals surface area contributed by atoms with Crippen molar-refractivity contribution in [1.82, 2.24) is 5.32 Å². The van der Waals surface area contributed by atoms with Gasteiger partial charge in [0.15, 0.2) is 0 Å². The molecule has 1 aromatic carbocycles. The molecule has 98 valence electrons. The number of carbonyl (C=O) groups excluding carboxylic acids is 1. The Kier molecular flexibility index (Phi) is 3.72. The average molecular weight is 249 g/mol. The maximum Gasteiger partial charge on any atom is 0.338 e.